The van der Waals surface area contributed by atoms with Crippen molar-refractivity contribution in [1.82, 2.24) is 9.78 Å². The van der Waals surface area contributed by atoms with E-state index in [1.807, 2.05) is 55.5 Å². The number of hydrogen-bond acceptors (Lipinski definition) is 5. The number of benzene rings is 2. The number of anilines is 2. The van der Waals surface area contributed by atoms with E-state index in [1.54, 1.807) is 12.3 Å². The van der Waals surface area contributed by atoms with Gasteiger partial charge in [0.1, 0.15) is 0 Å². The van der Waals surface area contributed by atoms with Crippen LogP contribution in [-0.2, 0) is 4.79 Å². The molecule has 1 unspecified atom stereocenters. The molecule has 1 amide bonds. The summed E-state index contributed by atoms with van der Waals surface area (Å²) in [7, 11) is 0. The first kappa shape index (κ1) is 19.5. The lowest BCUT2D eigenvalue weighted by atomic mass is 10.1. The average Bonchev–Trinajstić information content (AvgIpc) is 3.11. The number of amides is 1. The Labute approximate surface area is 166 Å². The fourth-order valence-corrected chi connectivity index (χ4v) is 3.43. The van der Waals surface area contributed by atoms with Gasteiger partial charge in [0, 0.05) is 10.6 Å². The standard InChI is InChI=1S/C20H20N4O3S/c1-13(14-7-3-2-4-8-14)24-11-16(19(23-24)20(26)27)22-18(25)12-28-17-10-6-5-9-15(17)21/h2-11,13H,12,21H2,1H3,(H,22,25)(H,26,27). The molecular weight excluding hydrogens is 376 g/mol. The number of carbonyl (C=O) groups excluding carboxylic acids is 1. The summed E-state index contributed by atoms with van der Waals surface area (Å²) in [5.41, 5.74) is 7.42. The quantitative estimate of drug-likeness (QED) is 0.416. The Morgan fingerprint density at radius 1 is 1.18 bits per heavy atom. The number of thioether (sulfide) groups is 1. The Hall–Kier alpha value is -3.26. The molecule has 8 heteroatoms. The fraction of sp³-hybridized carbons (Fsp3) is 0.150. The summed E-state index contributed by atoms with van der Waals surface area (Å²) in [6.45, 7) is 1.91. The molecule has 1 atom stereocenters. The van der Waals surface area contributed by atoms with Gasteiger partial charge in [0.15, 0.2) is 5.69 Å². The van der Waals surface area contributed by atoms with E-state index in [2.05, 4.69) is 10.4 Å². The molecule has 2 aromatic carbocycles. The number of para-hydroxylation sites is 1. The van der Waals surface area contributed by atoms with Crippen LogP contribution in [0.3, 0.4) is 0 Å². The molecule has 1 aromatic heterocycles. The van der Waals surface area contributed by atoms with E-state index in [9.17, 15) is 14.7 Å². The number of rotatable bonds is 7. The van der Waals surface area contributed by atoms with Crippen LogP contribution in [0.25, 0.3) is 0 Å². The van der Waals surface area contributed by atoms with Crippen molar-refractivity contribution in [2.24, 2.45) is 0 Å². The normalized spacial score (nSPS) is 11.8. The zero-order valence-electron chi connectivity index (χ0n) is 15.2. The van der Waals surface area contributed by atoms with Crippen LogP contribution in [0.2, 0.25) is 0 Å². The summed E-state index contributed by atoms with van der Waals surface area (Å²) >= 11 is 1.29. The van der Waals surface area contributed by atoms with Crippen molar-refractivity contribution in [3.63, 3.8) is 0 Å². The van der Waals surface area contributed by atoms with E-state index < -0.39 is 5.97 Å². The summed E-state index contributed by atoms with van der Waals surface area (Å²) in [5, 5.41) is 16.2. The summed E-state index contributed by atoms with van der Waals surface area (Å²) in [5.74, 6) is -1.43. The molecule has 28 heavy (non-hydrogen) atoms. The molecule has 144 valence electrons. The summed E-state index contributed by atoms with van der Waals surface area (Å²) < 4.78 is 1.54. The third kappa shape index (κ3) is 4.52. The monoisotopic (exact) mass is 396 g/mol. The van der Waals surface area contributed by atoms with Crippen molar-refractivity contribution in [3.8, 4) is 0 Å². The van der Waals surface area contributed by atoms with Crippen molar-refractivity contribution in [1.29, 1.82) is 0 Å². The minimum Gasteiger partial charge on any atom is -0.476 e. The number of carbonyl (C=O) groups is 2. The third-order valence-electron chi connectivity index (χ3n) is 4.17. The first-order valence-electron chi connectivity index (χ1n) is 8.60. The first-order valence-corrected chi connectivity index (χ1v) is 9.59. The Balaban J connectivity index is 1.74. The zero-order chi connectivity index (χ0) is 20.1. The molecule has 0 aliphatic rings. The van der Waals surface area contributed by atoms with Crippen molar-refractivity contribution >= 4 is 35.0 Å². The highest BCUT2D eigenvalue weighted by Crippen LogP contribution is 2.25. The van der Waals surface area contributed by atoms with Gasteiger partial charge >= 0.3 is 5.97 Å². The lowest BCUT2D eigenvalue weighted by molar-refractivity contribution is -0.113. The average molecular weight is 396 g/mol. The highest BCUT2D eigenvalue weighted by molar-refractivity contribution is 8.00. The lowest BCUT2D eigenvalue weighted by Crippen LogP contribution is -2.16. The molecule has 3 rings (SSSR count). The number of nitrogens with two attached hydrogens (primary N) is 1. The van der Waals surface area contributed by atoms with E-state index >= 15 is 0 Å². The molecule has 7 nitrogen and oxygen atoms in total. The van der Waals surface area contributed by atoms with Gasteiger partial charge in [0.2, 0.25) is 5.91 Å². The van der Waals surface area contributed by atoms with Crippen LogP contribution in [0.4, 0.5) is 11.4 Å². The van der Waals surface area contributed by atoms with Gasteiger partial charge in [-0.3, -0.25) is 9.48 Å². The first-order chi connectivity index (χ1) is 13.5. The minimum atomic E-state index is -1.20. The Morgan fingerprint density at radius 3 is 2.54 bits per heavy atom. The second-order valence-corrected chi connectivity index (χ2v) is 7.16. The van der Waals surface area contributed by atoms with E-state index in [1.165, 1.54) is 16.4 Å². The van der Waals surface area contributed by atoms with Crippen LogP contribution in [0.15, 0.2) is 65.7 Å². The second-order valence-electron chi connectivity index (χ2n) is 6.14. The lowest BCUT2D eigenvalue weighted by Gasteiger charge is -2.12. The van der Waals surface area contributed by atoms with Crippen LogP contribution >= 0.6 is 11.8 Å². The molecule has 0 aliphatic carbocycles. The van der Waals surface area contributed by atoms with Gasteiger partial charge in [0.25, 0.3) is 0 Å². The maximum Gasteiger partial charge on any atom is 0.358 e. The highest BCUT2D eigenvalue weighted by atomic mass is 32.2. The van der Waals surface area contributed by atoms with Crippen LogP contribution in [-0.4, -0.2) is 32.5 Å². The molecule has 3 aromatic rings. The van der Waals surface area contributed by atoms with E-state index in [0.29, 0.717) is 5.69 Å². The minimum absolute atomic E-state index is 0.104. The van der Waals surface area contributed by atoms with Gasteiger partial charge in [-0.1, -0.05) is 42.5 Å². The fourth-order valence-electron chi connectivity index (χ4n) is 2.67. The van der Waals surface area contributed by atoms with Crippen molar-refractivity contribution in [2.45, 2.75) is 17.9 Å². The molecule has 0 bridgehead atoms. The number of nitrogens with zero attached hydrogens (tertiary/aromatic N) is 2. The second kappa shape index (κ2) is 8.62. The van der Waals surface area contributed by atoms with Crippen LogP contribution < -0.4 is 11.1 Å². The van der Waals surface area contributed by atoms with Crippen molar-refractivity contribution in [2.75, 3.05) is 16.8 Å². The van der Waals surface area contributed by atoms with Gasteiger partial charge in [-0.25, -0.2) is 4.79 Å². The molecule has 4 N–H and O–H groups in total. The predicted octanol–water partition coefficient (Wildman–Crippen LogP) is 3.50. The molecule has 0 fully saturated rings. The van der Waals surface area contributed by atoms with Crippen LogP contribution in [0, 0.1) is 0 Å². The Bertz CT molecular complexity index is 988. The van der Waals surface area contributed by atoms with Crippen LogP contribution in [0.5, 0.6) is 0 Å². The number of nitrogens with one attached hydrogen (secondary N) is 1. The molecule has 1 heterocycles. The Kier molecular flexibility index (Phi) is 6.00. The number of aromatic nitrogens is 2. The molecule has 0 aliphatic heterocycles. The highest BCUT2D eigenvalue weighted by Gasteiger charge is 2.20. The summed E-state index contributed by atoms with van der Waals surface area (Å²) in [4.78, 5) is 24.7. The molecule has 0 saturated carbocycles. The van der Waals surface area contributed by atoms with Gasteiger partial charge in [0.05, 0.1) is 23.7 Å². The largest absolute Gasteiger partial charge is 0.476 e. The third-order valence-corrected chi connectivity index (χ3v) is 5.25. The zero-order valence-corrected chi connectivity index (χ0v) is 16.0. The smallest absolute Gasteiger partial charge is 0.358 e. The predicted molar refractivity (Wildman–Crippen MR) is 110 cm³/mol. The van der Waals surface area contributed by atoms with Gasteiger partial charge in [-0.05, 0) is 24.6 Å². The number of nitrogen functional groups attached to an aromatic ring is 1. The van der Waals surface area contributed by atoms with Crippen LogP contribution in [0.1, 0.15) is 29.0 Å². The van der Waals surface area contributed by atoms with E-state index in [-0.39, 0.29) is 29.1 Å². The number of aromatic carboxylic acids is 1. The maximum absolute atomic E-state index is 12.3. The molecule has 0 saturated heterocycles. The van der Waals surface area contributed by atoms with E-state index in [0.717, 1.165) is 10.5 Å². The Morgan fingerprint density at radius 2 is 1.86 bits per heavy atom. The molecule has 0 spiro atoms. The van der Waals surface area contributed by atoms with Crippen molar-refractivity contribution < 1.29 is 14.7 Å². The summed E-state index contributed by atoms with van der Waals surface area (Å²) in [6.07, 6.45) is 1.54. The van der Waals surface area contributed by atoms with Crippen molar-refractivity contribution in [3.05, 3.63) is 72.1 Å². The van der Waals surface area contributed by atoms with Gasteiger partial charge in [-0.15, -0.1) is 11.8 Å². The SMILES string of the molecule is CC(c1ccccc1)n1cc(NC(=O)CSc2ccccc2N)c(C(=O)O)n1. The molecular formula is C20H20N4O3S. The number of carboxylic acid groups (broad SMARTS) is 1. The molecule has 0 radical (unpaired) electrons. The van der Waals surface area contributed by atoms with Gasteiger partial charge < -0.3 is 16.2 Å². The van der Waals surface area contributed by atoms with Gasteiger partial charge in [-0.2, -0.15) is 5.10 Å². The number of carboxylic acids is 1. The van der Waals surface area contributed by atoms with E-state index in [4.69, 9.17) is 5.73 Å². The maximum atomic E-state index is 12.3. The topological polar surface area (TPSA) is 110 Å². The summed E-state index contributed by atoms with van der Waals surface area (Å²) in [6, 6.07) is 16.7. The number of hydrogen-bond donors (Lipinski definition) is 3.